The molecular formula is C19H17IN4O2. The molecular weight excluding hydrogens is 443 g/mol. The standard InChI is InChI=1S/C19H17IN4O2/c20-16-10-23-19(24-18(16)26-15-11-25-12-15)22-9-13-4-6-14(7-5-13)17-3-1-2-8-21-17/h1-8,10,15H,9,11-12H2,(H,22,23,24). The van der Waals surface area contributed by atoms with E-state index in [4.69, 9.17) is 9.47 Å². The molecule has 7 heteroatoms. The summed E-state index contributed by atoms with van der Waals surface area (Å²) in [6, 6.07) is 14.2. The maximum absolute atomic E-state index is 5.81. The van der Waals surface area contributed by atoms with Crippen LogP contribution >= 0.6 is 22.6 Å². The van der Waals surface area contributed by atoms with Gasteiger partial charge in [-0.3, -0.25) is 4.98 Å². The summed E-state index contributed by atoms with van der Waals surface area (Å²) in [5.74, 6) is 1.15. The Morgan fingerprint density at radius 3 is 2.65 bits per heavy atom. The molecule has 1 aliphatic rings. The Kier molecular flexibility index (Phi) is 5.26. The smallest absolute Gasteiger partial charge is 0.232 e. The van der Waals surface area contributed by atoms with Gasteiger partial charge < -0.3 is 14.8 Å². The number of benzene rings is 1. The zero-order valence-electron chi connectivity index (χ0n) is 13.9. The van der Waals surface area contributed by atoms with Crippen LogP contribution in [0.3, 0.4) is 0 Å². The van der Waals surface area contributed by atoms with Crippen molar-refractivity contribution in [2.45, 2.75) is 12.6 Å². The molecule has 2 aromatic heterocycles. The second-order valence-corrected chi connectivity index (χ2v) is 7.05. The van der Waals surface area contributed by atoms with Gasteiger partial charge in [-0.2, -0.15) is 4.98 Å². The summed E-state index contributed by atoms with van der Waals surface area (Å²) in [6.45, 7) is 1.87. The molecule has 132 valence electrons. The maximum atomic E-state index is 5.81. The third-order valence-electron chi connectivity index (χ3n) is 3.96. The average Bonchev–Trinajstić information content (AvgIpc) is 2.66. The molecule has 0 bridgehead atoms. The van der Waals surface area contributed by atoms with Gasteiger partial charge in [0.15, 0.2) is 0 Å². The minimum Gasteiger partial charge on any atom is -0.469 e. The molecule has 3 aromatic rings. The first-order valence-corrected chi connectivity index (χ1v) is 9.37. The number of rotatable bonds is 6. The molecule has 0 unspecified atom stereocenters. The number of pyridine rings is 1. The van der Waals surface area contributed by atoms with E-state index >= 15 is 0 Å². The number of hydrogen-bond donors (Lipinski definition) is 1. The van der Waals surface area contributed by atoms with E-state index in [9.17, 15) is 0 Å². The summed E-state index contributed by atoms with van der Waals surface area (Å²) in [5, 5.41) is 3.24. The highest BCUT2D eigenvalue weighted by Gasteiger charge is 2.22. The van der Waals surface area contributed by atoms with E-state index in [1.54, 1.807) is 12.4 Å². The molecule has 4 rings (SSSR count). The number of nitrogens with zero attached hydrogens (tertiary/aromatic N) is 3. The van der Waals surface area contributed by atoms with Crippen LogP contribution in [0.25, 0.3) is 11.3 Å². The van der Waals surface area contributed by atoms with Gasteiger partial charge in [0.1, 0.15) is 6.10 Å². The molecule has 1 saturated heterocycles. The minimum atomic E-state index is 0.0883. The Morgan fingerprint density at radius 1 is 1.12 bits per heavy atom. The molecule has 0 amide bonds. The molecule has 6 nitrogen and oxygen atoms in total. The number of halogens is 1. The van der Waals surface area contributed by atoms with E-state index in [1.807, 2.05) is 18.2 Å². The van der Waals surface area contributed by atoms with Crippen molar-refractivity contribution in [2.24, 2.45) is 0 Å². The Labute approximate surface area is 165 Å². The van der Waals surface area contributed by atoms with Crippen molar-refractivity contribution in [2.75, 3.05) is 18.5 Å². The minimum absolute atomic E-state index is 0.0883. The Hall–Kier alpha value is -2.26. The van der Waals surface area contributed by atoms with Gasteiger partial charge in [-0.1, -0.05) is 30.3 Å². The highest BCUT2D eigenvalue weighted by molar-refractivity contribution is 14.1. The summed E-state index contributed by atoms with van der Waals surface area (Å²) in [5.41, 5.74) is 3.20. The Bertz CT molecular complexity index is 870. The predicted molar refractivity (Wildman–Crippen MR) is 107 cm³/mol. The Balaban J connectivity index is 1.40. The van der Waals surface area contributed by atoms with Crippen molar-refractivity contribution in [3.05, 3.63) is 64.0 Å². The summed E-state index contributed by atoms with van der Waals surface area (Å²) in [4.78, 5) is 13.1. The number of hydrogen-bond acceptors (Lipinski definition) is 6. The molecule has 1 aliphatic heterocycles. The maximum Gasteiger partial charge on any atom is 0.232 e. The number of nitrogens with one attached hydrogen (secondary N) is 1. The van der Waals surface area contributed by atoms with Crippen molar-refractivity contribution >= 4 is 28.5 Å². The van der Waals surface area contributed by atoms with Gasteiger partial charge in [0.05, 0.1) is 22.5 Å². The van der Waals surface area contributed by atoms with Crippen LogP contribution < -0.4 is 10.1 Å². The second kappa shape index (κ2) is 7.96. The molecule has 0 aliphatic carbocycles. The van der Waals surface area contributed by atoms with Crippen LogP contribution in [0, 0.1) is 3.57 Å². The monoisotopic (exact) mass is 460 g/mol. The van der Waals surface area contributed by atoms with Gasteiger partial charge in [-0.05, 0) is 40.3 Å². The van der Waals surface area contributed by atoms with Crippen molar-refractivity contribution < 1.29 is 9.47 Å². The summed E-state index contributed by atoms with van der Waals surface area (Å²) >= 11 is 2.18. The molecule has 0 radical (unpaired) electrons. The SMILES string of the molecule is Ic1cnc(NCc2ccc(-c3ccccn3)cc2)nc1OC1COC1. The largest absolute Gasteiger partial charge is 0.469 e. The fourth-order valence-electron chi connectivity index (χ4n) is 2.47. The normalized spacial score (nSPS) is 13.9. The molecule has 1 aromatic carbocycles. The van der Waals surface area contributed by atoms with Crippen molar-refractivity contribution in [3.8, 4) is 17.1 Å². The van der Waals surface area contributed by atoms with Crippen LogP contribution in [-0.4, -0.2) is 34.3 Å². The fraction of sp³-hybridized carbons (Fsp3) is 0.211. The van der Waals surface area contributed by atoms with Crippen molar-refractivity contribution in [3.63, 3.8) is 0 Å². The van der Waals surface area contributed by atoms with E-state index in [1.165, 1.54) is 0 Å². The lowest BCUT2D eigenvalue weighted by Crippen LogP contribution is -2.39. The molecule has 0 saturated carbocycles. The zero-order valence-corrected chi connectivity index (χ0v) is 16.1. The second-order valence-electron chi connectivity index (χ2n) is 5.89. The van der Waals surface area contributed by atoms with Gasteiger partial charge in [0, 0.05) is 24.5 Å². The third kappa shape index (κ3) is 4.10. The zero-order chi connectivity index (χ0) is 17.8. The molecule has 1 fully saturated rings. The lowest BCUT2D eigenvalue weighted by atomic mass is 10.1. The van der Waals surface area contributed by atoms with Gasteiger partial charge in [0.25, 0.3) is 0 Å². The molecule has 0 atom stereocenters. The first-order valence-electron chi connectivity index (χ1n) is 8.29. The molecule has 26 heavy (non-hydrogen) atoms. The number of aromatic nitrogens is 3. The summed E-state index contributed by atoms with van der Waals surface area (Å²) < 4.78 is 11.8. The number of anilines is 1. The first kappa shape index (κ1) is 17.2. The fourth-order valence-corrected chi connectivity index (χ4v) is 2.85. The van der Waals surface area contributed by atoms with Gasteiger partial charge in [-0.25, -0.2) is 4.98 Å². The van der Waals surface area contributed by atoms with E-state index in [-0.39, 0.29) is 6.10 Å². The van der Waals surface area contributed by atoms with Crippen molar-refractivity contribution in [1.82, 2.24) is 15.0 Å². The average molecular weight is 460 g/mol. The van der Waals surface area contributed by atoms with Gasteiger partial charge in [0.2, 0.25) is 11.8 Å². The van der Waals surface area contributed by atoms with Crippen LogP contribution in [-0.2, 0) is 11.3 Å². The lowest BCUT2D eigenvalue weighted by Gasteiger charge is -2.26. The van der Waals surface area contributed by atoms with Gasteiger partial charge >= 0.3 is 0 Å². The molecule has 0 spiro atoms. The van der Waals surface area contributed by atoms with E-state index in [2.05, 4.69) is 67.1 Å². The summed E-state index contributed by atoms with van der Waals surface area (Å²) in [6.07, 6.45) is 3.65. The highest BCUT2D eigenvalue weighted by Crippen LogP contribution is 2.22. The van der Waals surface area contributed by atoms with Crippen LogP contribution in [0.15, 0.2) is 54.9 Å². The first-order chi connectivity index (χ1) is 12.8. The van der Waals surface area contributed by atoms with Crippen molar-refractivity contribution in [1.29, 1.82) is 0 Å². The number of ether oxygens (including phenoxy) is 2. The topological polar surface area (TPSA) is 69.2 Å². The van der Waals surface area contributed by atoms with E-state index in [0.717, 1.165) is 20.4 Å². The van der Waals surface area contributed by atoms with Crippen LogP contribution in [0.2, 0.25) is 0 Å². The quantitative estimate of drug-likeness (QED) is 0.568. The Morgan fingerprint density at radius 2 is 1.96 bits per heavy atom. The lowest BCUT2D eigenvalue weighted by molar-refractivity contribution is -0.0816. The van der Waals surface area contributed by atoms with E-state index < -0.39 is 0 Å². The predicted octanol–water partition coefficient (Wildman–Crippen LogP) is 3.53. The summed E-state index contributed by atoms with van der Waals surface area (Å²) in [7, 11) is 0. The van der Waals surface area contributed by atoms with Crippen LogP contribution in [0.1, 0.15) is 5.56 Å². The molecule has 3 heterocycles. The molecule has 1 N–H and O–H groups in total. The van der Waals surface area contributed by atoms with Crippen LogP contribution in [0.4, 0.5) is 5.95 Å². The third-order valence-corrected chi connectivity index (χ3v) is 4.70. The van der Waals surface area contributed by atoms with E-state index in [0.29, 0.717) is 31.6 Å². The van der Waals surface area contributed by atoms with Crippen LogP contribution in [0.5, 0.6) is 5.88 Å². The highest BCUT2D eigenvalue weighted by atomic mass is 127. The van der Waals surface area contributed by atoms with Gasteiger partial charge in [-0.15, -0.1) is 0 Å².